The number of nitrogens with zero attached hydrogens (tertiary/aromatic N) is 7. The minimum absolute atomic E-state index is 0.000272. The van der Waals surface area contributed by atoms with E-state index in [0.717, 1.165) is 16.7 Å². The summed E-state index contributed by atoms with van der Waals surface area (Å²) in [7, 11) is 0. The minimum atomic E-state index is -0.515. The molecule has 3 heterocycles. The van der Waals surface area contributed by atoms with E-state index in [9.17, 15) is 14.8 Å². The van der Waals surface area contributed by atoms with E-state index in [1.807, 2.05) is 54.0 Å². The van der Waals surface area contributed by atoms with Gasteiger partial charge in [0.25, 0.3) is 11.9 Å². The zero-order chi connectivity index (χ0) is 29.8. The number of benzene rings is 3. The number of hydrogen-bond acceptors (Lipinski definition) is 8. The Bertz CT molecular complexity index is 1920. The number of imidazole rings is 3. The smallest absolute Gasteiger partial charge is 0.332 e. The number of carbonyl (C=O) groups excluding carboxylic acids is 2. The van der Waals surface area contributed by atoms with E-state index in [1.54, 1.807) is 36.7 Å². The topological polar surface area (TPSA) is 141 Å². The van der Waals surface area contributed by atoms with Crippen LogP contribution in [-0.2, 0) is 6.54 Å². The Balaban J connectivity index is 1.32. The lowest BCUT2D eigenvalue weighted by Gasteiger charge is -2.14. The SMILES string of the molecule is CCOc1nc2cccc(C(=O)n3ccnc3)c2n1Cc1ccc(-c2ccccc2/C(=N/O)NC(=O)n2ccnc2)cc1. The summed E-state index contributed by atoms with van der Waals surface area (Å²) in [4.78, 5) is 38.4. The summed E-state index contributed by atoms with van der Waals surface area (Å²) >= 11 is 0. The van der Waals surface area contributed by atoms with Gasteiger partial charge in [-0.05, 0) is 35.7 Å². The number of nitrogens with one attached hydrogen (secondary N) is 1. The molecule has 0 aliphatic heterocycles. The molecule has 0 spiro atoms. The van der Waals surface area contributed by atoms with Crippen LogP contribution in [0.4, 0.5) is 4.79 Å². The second-order valence-electron chi connectivity index (χ2n) is 9.45. The van der Waals surface area contributed by atoms with Crippen molar-refractivity contribution in [1.29, 1.82) is 0 Å². The number of hydrogen-bond donors (Lipinski definition) is 2. The first kappa shape index (κ1) is 27.1. The van der Waals surface area contributed by atoms with Crippen LogP contribution < -0.4 is 10.1 Å². The summed E-state index contributed by atoms with van der Waals surface area (Å²) in [5.74, 6) is -0.222. The molecular weight excluding hydrogens is 548 g/mol. The minimum Gasteiger partial charge on any atom is -0.465 e. The first-order valence-corrected chi connectivity index (χ1v) is 13.4. The number of aromatic nitrogens is 6. The van der Waals surface area contributed by atoms with Gasteiger partial charge < -0.3 is 9.94 Å². The quantitative estimate of drug-likeness (QED) is 0.123. The van der Waals surface area contributed by atoms with Crippen LogP contribution >= 0.6 is 0 Å². The number of rotatable bonds is 7. The molecule has 6 rings (SSSR count). The molecule has 0 aliphatic carbocycles. The number of carbonyl (C=O) groups is 2. The fraction of sp³-hybridized carbons (Fsp3) is 0.0968. The van der Waals surface area contributed by atoms with Gasteiger partial charge in [-0.15, -0.1) is 0 Å². The summed E-state index contributed by atoms with van der Waals surface area (Å²) in [6.07, 6.45) is 8.96. The van der Waals surface area contributed by atoms with Crippen LogP contribution in [-0.4, -0.2) is 58.2 Å². The standard InChI is InChI=1S/C31H26N8O4/c1-2-43-31-34-26-9-5-8-25(29(40)37-16-14-32-19-37)27(26)39(31)18-21-10-12-22(13-11-21)23-6-3-4-7-24(23)28(36-42)35-30(41)38-17-15-33-20-38/h3-17,19-20,42H,2,18H2,1H3,(H,35,36,41). The molecule has 43 heavy (non-hydrogen) atoms. The van der Waals surface area contributed by atoms with Crippen LogP contribution in [0.3, 0.4) is 0 Å². The van der Waals surface area contributed by atoms with Crippen molar-refractivity contribution < 1.29 is 19.5 Å². The van der Waals surface area contributed by atoms with E-state index in [1.165, 1.54) is 34.2 Å². The second-order valence-corrected chi connectivity index (χ2v) is 9.45. The Kier molecular flexibility index (Phi) is 7.47. The Morgan fingerprint density at radius 1 is 0.907 bits per heavy atom. The molecule has 12 heteroatoms. The molecule has 2 N–H and O–H groups in total. The zero-order valence-electron chi connectivity index (χ0n) is 23.0. The van der Waals surface area contributed by atoms with E-state index in [4.69, 9.17) is 4.74 Å². The molecular formula is C31H26N8O4. The van der Waals surface area contributed by atoms with Crippen molar-refractivity contribution in [1.82, 2.24) is 34.0 Å². The van der Waals surface area contributed by atoms with E-state index in [0.29, 0.717) is 41.3 Å². The maximum Gasteiger partial charge on any atom is 0.332 e. The molecule has 6 aromatic rings. The van der Waals surface area contributed by atoms with Crippen LogP contribution in [0.15, 0.2) is 109 Å². The van der Waals surface area contributed by atoms with Gasteiger partial charge in [-0.2, -0.15) is 4.98 Å². The van der Waals surface area contributed by atoms with Crippen molar-refractivity contribution in [2.45, 2.75) is 13.5 Å². The van der Waals surface area contributed by atoms with Crippen molar-refractivity contribution in [2.75, 3.05) is 6.61 Å². The van der Waals surface area contributed by atoms with Gasteiger partial charge in [-0.1, -0.05) is 59.8 Å². The Labute approximate surface area is 245 Å². The third kappa shape index (κ3) is 5.36. The molecule has 0 aliphatic rings. The number of oxime groups is 1. The van der Waals surface area contributed by atoms with Crippen molar-refractivity contribution in [2.24, 2.45) is 5.16 Å². The van der Waals surface area contributed by atoms with Crippen LogP contribution in [0.5, 0.6) is 6.01 Å². The molecule has 0 radical (unpaired) electrons. The molecule has 12 nitrogen and oxygen atoms in total. The highest BCUT2D eigenvalue weighted by molar-refractivity contribution is 6.11. The molecule has 3 aromatic carbocycles. The van der Waals surface area contributed by atoms with Crippen LogP contribution in [0.2, 0.25) is 0 Å². The lowest BCUT2D eigenvalue weighted by atomic mass is 9.98. The van der Waals surface area contributed by atoms with E-state index >= 15 is 0 Å². The maximum absolute atomic E-state index is 13.3. The van der Waals surface area contributed by atoms with Crippen LogP contribution in [0, 0.1) is 0 Å². The fourth-order valence-corrected chi connectivity index (χ4v) is 4.85. The van der Waals surface area contributed by atoms with Gasteiger partial charge in [0.05, 0.1) is 29.7 Å². The van der Waals surface area contributed by atoms with Gasteiger partial charge >= 0.3 is 6.03 Å². The predicted molar refractivity (Wildman–Crippen MR) is 158 cm³/mol. The lowest BCUT2D eigenvalue weighted by Crippen LogP contribution is -2.34. The fourth-order valence-electron chi connectivity index (χ4n) is 4.85. The summed E-state index contributed by atoms with van der Waals surface area (Å²) in [6, 6.07) is 20.4. The average Bonchev–Trinajstić information content (AvgIpc) is 3.83. The maximum atomic E-state index is 13.3. The normalized spacial score (nSPS) is 11.5. The van der Waals surface area contributed by atoms with Crippen LogP contribution in [0.1, 0.15) is 28.4 Å². The van der Waals surface area contributed by atoms with Crippen molar-refractivity contribution in [3.05, 3.63) is 121 Å². The molecule has 3 aromatic heterocycles. The summed E-state index contributed by atoms with van der Waals surface area (Å²) in [5.41, 5.74) is 4.86. The number of fused-ring (bicyclic) bond motifs is 1. The van der Waals surface area contributed by atoms with Crippen molar-refractivity contribution in [3.8, 4) is 17.1 Å². The van der Waals surface area contributed by atoms with Gasteiger partial charge in [-0.25, -0.2) is 14.8 Å². The largest absolute Gasteiger partial charge is 0.465 e. The van der Waals surface area contributed by atoms with Gasteiger partial charge in [0, 0.05) is 30.4 Å². The highest BCUT2D eigenvalue weighted by atomic mass is 16.5. The third-order valence-electron chi connectivity index (χ3n) is 6.83. The molecule has 0 saturated heterocycles. The molecule has 0 bridgehead atoms. The predicted octanol–water partition coefficient (Wildman–Crippen LogP) is 4.63. The molecule has 0 unspecified atom stereocenters. The third-order valence-corrected chi connectivity index (χ3v) is 6.83. The van der Waals surface area contributed by atoms with E-state index in [-0.39, 0.29) is 11.7 Å². The highest BCUT2D eigenvalue weighted by Crippen LogP contribution is 2.29. The molecule has 0 fully saturated rings. The van der Waals surface area contributed by atoms with Gasteiger partial charge in [0.2, 0.25) is 0 Å². The number of ether oxygens (including phenoxy) is 1. The molecule has 1 amide bonds. The number of para-hydroxylation sites is 1. The Hall–Kier alpha value is -6.04. The number of amidine groups is 1. The molecule has 0 saturated carbocycles. The lowest BCUT2D eigenvalue weighted by molar-refractivity contribution is 0.0961. The summed E-state index contributed by atoms with van der Waals surface area (Å²) in [6.45, 7) is 2.69. The second kappa shape index (κ2) is 11.8. The Morgan fingerprint density at radius 2 is 1.63 bits per heavy atom. The van der Waals surface area contributed by atoms with Gasteiger partial charge in [0.15, 0.2) is 5.84 Å². The zero-order valence-corrected chi connectivity index (χ0v) is 23.0. The summed E-state index contributed by atoms with van der Waals surface area (Å²) < 4.78 is 10.4. The van der Waals surface area contributed by atoms with Crippen LogP contribution in [0.25, 0.3) is 22.2 Å². The first-order valence-electron chi connectivity index (χ1n) is 13.4. The van der Waals surface area contributed by atoms with Gasteiger partial charge in [0.1, 0.15) is 12.7 Å². The van der Waals surface area contributed by atoms with E-state index in [2.05, 4.69) is 25.4 Å². The number of amides is 1. The van der Waals surface area contributed by atoms with Crippen molar-refractivity contribution in [3.63, 3.8) is 0 Å². The van der Waals surface area contributed by atoms with Gasteiger partial charge in [-0.3, -0.25) is 23.8 Å². The molecule has 0 atom stereocenters. The van der Waals surface area contributed by atoms with Crippen molar-refractivity contribution >= 4 is 28.8 Å². The first-order chi connectivity index (χ1) is 21.1. The monoisotopic (exact) mass is 574 g/mol. The molecule has 214 valence electrons. The average molecular weight is 575 g/mol. The summed E-state index contributed by atoms with van der Waals surface area (Å²) in [5, 5.41) is 15.7. The highest BCUT2D eigenvalue weighted by Gasteiger charge is 2.21. The van der Waals surface area contributed by atoms with E-state index < -0.39 is 6.03 Å². The Morgan fingerprint density at radius 3 is 2.33 bits per heavy atom.